The summed E-state index contributed by atoms with van der Waals surface area (Å²) < 4.78 is 5.39. The highest BCUT2D eigenvalue weighted by Gasteiger charge is 2.26. The van der Waals surface area contributed by atoms with Crippen LogP contribution >= 0.6 is 11.6 Å². The molecule has 0 bridgehead atoms. The van der Waals surface area contributed by atoms with Gasteiger partial charge in [-0.25, -0.2) is 9.97 Å². The molecule has 1 N–H and O–H groups in total. The van der Waals surface area contributed by atoms with Crippen molar-refractivity contribution in [1.82, 2.24) is 15.3 Å². The van der Waals surface area contributed by atoms with Crippen LogP contribution in [0.2, 0.25) is 5.02 Å². The summed E-state index contributed by atoms with van der Waals surface area (Å²) in [5, 5.41) is 3.74. The lowest BCUT2D eigenvalue weighted by Crippen LogP contribution is -2.38. The van der Waals surface area contributed by atoms with Crippen molar-refractivity contribution in [2.24, 2.45) is 5.92 Å². The predicted octanol–water partition coefficient (Wildman–Crippen LogP) is 2.39. The zero-order chi connectivity index (χ0) is 18.6. The minimum Gasteiger partial charge on any atom is -0.378 e. The van der Waals surface area contributed by atoms with Crippen LogP contribution in [-0.2, 0) is 28.9 Å². The van der Waals surface area contributed by atoms with Crippen molar-refractivity contribution in [2.75, 3.05) is 31.2 Å². The van der Waals surface area contributed by atoms with Crippen LogP contribution in [0.25, 0.3) is 0 Å². The van der Waals surface area contributed by atoms with Crippen LogP contribution in [0.3, 0.4) is 0 Å². The number of morpholine rings is 1. The third-order valence-electron chi connectivity index (χ3n) is 5.18. The highest BCUT2D eigenvalue weighted by Crippen LogP contribution is 2.26. The van der Waals surface area contributed by atoms with Gasteiger partial charge in [-0.1, -0.05) is 23.7 Å². The standard InChI is InChI=1S/C20H23ClN4O2/c21-17-4-1-14(2-5-17)12-22-19(26)15-3-6-18-16(11-15)13-23-20(24-18)25-7-9-27-10-8-25/h1-2,4-5,13,15H,3,6-12H2,(H,22,26)/t15-/m1/s1. The molecule has 1 fully saturated rings. The number of nitrogens with one attached hydrogen (secondary N) is 1. The Labute approximate surface area is 163 Å². The number of halogens is 1. The maximum absolute atomic E-state index is 12.6. The van der Waals surface area contributed by atoms with Crippen molar-refractivity contribution < 1.29 is 9.53 Å². The van der Waals surface area contributed by atoms with E-state index in [4.69, 9.17) is 21.3 Å². The number of nitrogens with zero attached hydrogens (tertiary/aromatic N) is 3. The summed E-state index contributed by atoms with van der Waals surface area (Å²) in [6.45, 7) is 3.61. The number of fused-ring (bicyclic) bond motifs is 1. The Balaban J connectivity index is 1.36. The number of benzene rings is 1. The van der Waals surface area contributed by atoms with Crippen LogP contribution in [0.15, 0.2) is 30.5 Å². The Morgan fingerprint density at radius 2 is 2.04 bits per heavy atom. The number of rotatable bonds is 4. The summed E-state index contributed by atoms with van der Waals surface area (Å²) in [6.07, 6.45) is 4.23. The fourth-order valence-corrected chi connectivity index (χ4v) is 3.70. The van der Waals surface area contributed by atoms with Crippen molar-refractivity contribution >= 4 is 23.5 Å². The monoisotopic (exact) mass is 386 g/mol. The fourth-order valence-electron chi connectivity index (χ4n) is 3.57. The molecular weight excluding hydrogens is 364 g/mol. The highest BCUT2D eigenvalue weighted by atomic mass is 35.5. The van der Waals surface area contributed by atoms with E-state index in [-0.39, 0.29) is 11.8 Å². The van der Waals surface area contributed by atoms with Crippen LogP contribution in [0.4, 0.5) is 5.95 Å². The SMILES string of the molecule is O=C(NCc1ccc(Cl)cc1)[C@@H]1CCc2nc(N3CCOCC3)ncc2C1. The molecule has 1 atom stereocenters. The van der Waals surface area contributed by atoms with Crippen LogP contribution in [0, 0.1) is 5.92 Å². The van der Waals surface area contributed by atoms with Crippen LogP contribution < -0.4 is 10.2 Å². The molecular formula is C20H23ClN4O2. The second-order valence-corrected chi connectivity index (χ2v) is 7.46. The normalized spacial score (nSPS) is 19.4. The number of hydrogen-bond donors (Lipinski definition) is 1. The summed E-state index contributed by atoms with van der Waals surface area (Å²) in [5.41, 5.74) is 3.21. The summed E-state index contributed by atoms with van der Waals surface area (Å²) >= 11 is 5.90. The van der Waals surface area contributed by atoms with E-state index in [9.17, 15) is 4.79 Å². The molecule has 1 saturated heterocycles. The molecule has 1 aliphatic carbocycles. The van der Waals surface area contributed by atoms with Crippen molar-refractivity contribution in [3.8, 4) is 0 Å². The second kappa shape index (κ2) is 8.23. The summed E-state index contributed by atoms with van der Waals surface area (Å²) in [5.74, 6) is 0.846. The number of carbonyl (C=O) groups excluding carboxylic acids is 1. The van der Waals surface area contributed by atoms with Gasteiger partial charge in [0.1, 0.15) is 0 Å². The van der Waals surface area contributed by atoms with E-state index in [2.05, 4.69) is 15.2 Å². The van der Waals surface area contributed by atoms with Crippen molar-refractivity contribution in [3.05, 3.63) is 52.3 Å². The molecule has 0 radical (unpaired) electrons. The minimum atomic E-state index is -0.0253. The number of anilines is 1. The van der Waals surface area contributed by atoms with E-state index in [1.54, 1.807) is 0 Å². The molecule has 2 aliphatic rings. The zero-order valence-electron chi connectivity index (χ0n) is 15.2. The Morgan fingerprint density at radius 3 is 2.81 bits per heavy atom. The summed E-state index contributed by atoms with van der Waals surface area (Å²) in [4.78, 5) is 24.0. The van der Waals surface area contributed by atoms with Gasteiger partial charge in [0, 0.05) is 42.5 Å². The van der Waals surface area contributed by atoms with Crippen LogP contribution in [0.1, 0.15) is 23.2 Å². The van der Waals surface area contributed by atoms with Gasteiger partial charge in [-0.3, -0.25) is 4.79 Å². The van der Waals surface area contributed by atoms with Gasteiger partial charge in [-0.15, -0.1) is 0 Å². The zero-order valence-corrected chi connectivity index (χ0v) is 15.9. The Kier molecular flexibility index (Phi) is 5.55. The third kappa shape index (κ3) is 4.39. The molecule has 27 heavy (non-hydrogen) atoms. The predicted molar refractivity (Wildman–Crippen MR) is 104 cm³/mol. The molecule has 2 heterocycles. The number of aromatic nitrogens is 2. The van der Waals surface area contributed by atoms with Crippen LogP contribution in [-0.4, -0.2) is 42.2 Å². The van der Waals surface area contributed by atoms with Crippen LogP contribution in [0.5, 0.6) is 0 Å². The molecule has 0 spiro atoms. The molecule has 142 valence electrons. The first-order chi connectivity index (χ1) is 13.2. The Bertz CT molecular complexity index is 806. The van der Waals surface area contributed by atoms with Gasteiger partial charge in [0.2, 0.25) is 11.9 Å². The summed E-state index contributed by atoms with van der Waals surface area (Å²) in [6, 6.07) is 7.53. The van der Waals surface area contributed by atoms with E-state index in [0.717, 1.165) is 61.9 Å². The number of ether oxygens (including phenoxy) is 1. The first-order valence-corrected chi connectivity index (χ1v) is 9.76. The van der Waals surface area contributed by atoms with Gasteiger partial charge in [-0.2, -0.15) is 0 Å². The molecule has 1 aliphatic heterocycles. The first-order valence-electron chi connectivity index (χ1n) is 9.38. The lowest BCUT2D eigenvalue weighted by Gasteiger charge is -2.28. The topological polar surface area (TPSA) is 67.4 Å². The van der Waals surface area contributed by atoms with Gasteiger partial charge in [0.15, 0.2) is 0 Å². The van der Waals surface area contributed by atoms with Crippen molar-refractivity contribution in [2.45, 2.75) is 25.8 Å². The molecule has 1 amide bonds. The molecule has 6 nitrogen and oxygen atoms in total. The third-order valence-corrected chi connectivity index (χ3v) is 5.43. The van der Waals surface area contributed by atoms with Gasteiger partial charge < -0.3 is 15.0 Å². The highest BCUT2D eigenvalue weighted by molar-refractivity contribution is 6.30. The fraction of sp³-hybridized carbons (Fsp3) is 0.450. The van der Waals surface area contributed by atoms with Crippen molar-refractivity contribution in [3.63, 3.8) is 0 Å². The number of aryl methyl sites for hydroxylation is 1. The van der Waals surface area contributed by atoms with E-state index < -0.39 is 0 Å². The molecule has 1 aromatic carbocycles. The molecule has 0 unspecified atom stereocenters. The van der Waals surface area contributed by atoms with E-state index in [1.807, 2.05) is 30.5 Å². The summed E-state index contributed by atoms with van der Waals surface area (Å²) in [7, 11) is 0. The van der Waals surface area contributed by atoms with Gasteiger partial charge in [0.25, 0.3) is 0 Å². The minimum absolute atomic E-state index is 0.0253. The maximum atomic E-state index is 12.6. The average Bonchev–Trinajstić information content (AvgIpc) is 2.73. The largest absolute Gasteiger partial charge is 0.378 e. The second-order valence-electron chi connectivity index (χ2n) is 7.03. The van der Waals surface area contributed by atoms with E-state index >= 15 is 0 Å². The smallest absolute Gasteiger partial charge is 0.225 e. The van der Waals surface area contributed by atoms with E-state index in [0.29, 0.717) is 18.0 Å². The van der Waals surface area contributed by atoms with Gasteiger partial charge >= 0.3 is 0 Å². The first kappa shape index (κ1) is 18.2. The Hall–Kier alpha value is -2.18. The number of carbonyl (C=O) groups is 1. The van der Waals surface area contributed by atoms with E-state index in [1.165, 1.54) is 0 Å². The molecule has 7 heteroatoms. The van der Waals surface area contributed by atoms with Gasteiger partial charge in [0.05, 0.1) is 13.2 Å². The molecule has 1 aromatic heterocycles. The molecule has 0 saturated carbocycles. The number of amides is 1. The lowest BCUT2D eigenvalue weighted by atomic mass is 9.86. The quantitative estimate of drug-likeness (QED) is 0.873. The Morgan fingerprint density at radius 1 is 1.26 bits per heavy atom. The average molecular weight is 387 g/mol. The van der Waals surface area contributed by atoms with Crippen molar-refractivity contribution in [1.29, 1.82) is 0 Å². The number of hydrogen-bond acceptors (Lipinski definition) is 5. The van der Waals surface area contributed by atoms with Gasteiger partial charge in [-0.05, 0) is 42.5 Å². The molecule has 2 aromatic rings. The lowest BCUT2D eigenvalue weighted by molar-refractivity contribution is -0.125. The molecule has 4 rings (SSSR count). The maximum Gasteiger partial charge on any atom is 0.225 e.